The van der Waals surface area contributed by atoms with Gasteiger partial charge < -0.3 is 4.43 Å². The van der Waals surface area contributed by atoms with Crippen LogP contribution >= 0.6 is 0 Å². The van der Waals surface area contributed by atoms with Crippen LogP contribution in [0.25, 0.3) is 0 Å². The standard InChI is InChI=1S/C19H34OSi/c1-8-10-12-13-14-15-17-18(16-11-9-2)20-21(6,7)19(3,4)5/h2,11,14-16,18H,8,10,12-13,17H2,1,3-7H3/b15-14-,16-11+/i11+1,16+1. The molecule has 120 valence electrons. The molecule has 0 aromatic rings. The average Bonchev–Trinajstić information content (AvgIpc) is 2.38. The van der Waals surface area contributed by atoms with Crippen molar-refractivity contribution in [2.24, 2.45) is 0 Å². The van der Waals surface area contributed by atoms with E-state index in [9.17, 15) is 0 Å². The molecular weight excluding hydrogens is 274 g/mol. The zero-order valence-electron chi connectivity index (χ0n) is 14.9. The number of hydrogen-bond acceptors (Lipinski definition) is 1. The van der Waals surface area contributed by atoms with Gasteiger partial charge >= 0.3 is 0 Å². The lowest BCUT2D eigenvalue weighted by Gasteiger charge is -2.38. The lowest BCUT2D eigenvalue weighted by Crippen LogP contribution is -2.43. The third-order valence-corrected chi connectivity index (χ3v) is 8.67. The summed E-state index contributed by atoms with van der Waals surface area (Å²) in [4.78, 5) is 0. The summed E-state index contributed by atoms with van der Waals surface area (Å²) in [7, 11) is -1.75. The van der Waals surface area contributed by atoms with Crippen LogP contribution in [0.1, 0.15) is 59.8 Å². The number of unbranched alkanes of at least 4 members (excludes halogenated alkanes) is 3. The van der Waals surface area contributed by atoms with Gasteiger partial charge in [0.05, 0.1) is 6.10 Å². The quantitative estimate of drug-likeness (QED) is 0.164. The first-order valence-electron chi connectivity index (χ1n) is 8.20. The molecule has 21 heavy (non-hydrogen) atoms. The Balaban J connectivity index is 4.54. The van der Waals surface area contributed by atoms with Crippen molar-refractivity contribution in [2.75, 3.05) is 0 Å². The Labute approximate surface area is 134 Å². The van der Waals surface area contributed by atoms with Crippen LogP contribution in [0.15, 0.2) is 24.3 Å². The van der Waals surface area contributed by atoms with Gasteiger partial charge in [-0.3, -0.25) is 0 Å². The van der Waals surface area contributed by atoms with Crippen molar-refractivity contribution < 1.29 is 4.43 Å². The fourth-order valence-corrected chi connectivity index (χ4v) is 3.03. The van der Waals surface area contributed by atoms with Gasteiger partial charge in [-0.1, -0.05) is 58.6 Å². The van der Waals surface area contributed by atoms with Gasteiger partial charge in [0, 0.05) is 0 Å². The van der Waals surface area contributed by atoms with Crippen LogP contribution in [0.3, 0.4) is 0 Å². The summed E-state index contributed by atoms with van der Waals surface area (Å²) < 4.78 is 6.44. The molecule has 0 heterocycles. The van der Waals surface area contributed by atoms with Crippen LogP contribution < -0.4 is 0 Å². The van der Waals surface area contributed by atoms with Crippen molar-refractivity contribution in [1.29, 1.82) is 0 Å². The molecule has 2 heteroatoms. The maximum atomic E-state index is 6.44. The second-order valence-electron chi connectivity index (χ2n) is 7.15. The van der Waals surface area contributed by atoms with Crippen LogP contribution in [-0.2, 0) is 4.43 Å². The summed E-state index contributed by atoms with van der Waals surface area (Å²) in [6, 6.07) is 0. The van der Waals surface area contributed by atoms with Gasteiger partial charge in [0.1, 0.15) is 0 Å². The molecule has 1 nitrogen and oxygen atoms in total. The summed E-state index contributed by atoms with van der Waals surface area (Å²) in [5, 5.41) is 0.222. The number of allylic oxidation sites excluding steroid dienone is 2. The molecule has 0 radical (unpaired) electrons. The normalized spacial score (nSPS) is 14.7. The first kappa shape index (κ1) is 20.2. The smallest absolute Gasteiger partial charge is 0.192 e. The zero-order valence-corrected chi connectivity index (χ0v) is 15.9. The Bertz CT molecular complexity index is 366. The van der Waals surface area contributed by atoms with Crippen LogP contribution in [0.5, 0.6) is 0 Å². The Morgan fingerprint density at radius 2 is 1.86 bits per heavy atom. The van der Waals surface area contributed by atoms with Gasteiger partial charge in [-0.05, 0) is 49.5 Å². The molecule has 0 aliphatic heterocycles. The highest BCUT2D eigenvalue weighted by Crippen LogP contribution is 2.37. The minimum Gasteiger partial charge on any atom is -0.410 e. The van der Waals surface area contributed by atoms with Crippen LogP contribution in [0.4, 0.5) is 0 Å². The van der Waals surface area contributed by atoms with E-state index in [1.165, 1.54) is 25.7 Å². The third kappa shape index (κ3) is 8.96. The summed E-state index contributed by atoms with van der Waals surface area (Å²) >= 11 is 0. The molecule has 0 amide bonds. The molecule has 0 aromatic carbocycles. The summed E-state index contributed by atoms with van der Waals surface area (Å²) in [5.41, 5.74) is 0. The molecule has 0 fully saturated rings. The van der Waals surface area contributed by atoms with Crippen LogP contribution in [0, 0.1) is 12.3 Å². The fourth-order valence-electron chi connectivity index (χ4n) is 1.74. The van der Waals surface area contributed by atoms with E-state index in [0.717, 1.165) is 6.42 Å². The maximum Gasteiger partial charge on any atom is 0.192 e. The second kappa shape index (κ2) is 10.0. The molecule has 0 N–H and O–H groups in total. The van der Waals surface area contributed by atoms with E-state index < -0.39 is 8.32 Å². The van der Waals surface area contributed by atoms with Crippen molar-refractivity contribution in [3.05, 3.63) is 24.3 Å². The van der Waals surface area contributed by atoms with Gasteiger partial charge in [-0.25, -0.2) is 0 Å². The predicted molar refractivity (Wildman–Crippen MR) is 97.9 cm³/mol. The van der Waals surface area contributed by atoms with Crippen molar-refractivity contribution in [1.82, 2.24) is 0 Å². The van der Waals surface area contributed by atoms with Crippen molar-refractivity contribution in [2.45, 2.75) is 84.0 Å². The van der Waals surface area contributed by atoms with Gasteiger partial charge in [0.15, 0.2) is 8.32 Å². The van der Waals surface area contributed by atoms with Gasteiger partial charge in [0.2, 0.25) is 0 Å². The Morgan fingerprint density at radius 1 is 1.19 bits per heavy atom. The lowest BCUT2D eigenvalue weighted by molar-refractivity contribution is 0.228. The van der Waals surface area contributed by atoms with E-state index in [1.807, 2.05) is 6.08 Å². The largest absolute Gasteiger partial charge is 0.410 e. The number of terminal acetylenes is 1. The highest BCUT2D eigenvalue weighted by atomic mass is 28.4. The molecule has 1 unspecified atom stereocenters. The third-order valence-electron chi connectivity index (χ3n) is 4.17. The minimum absolute atomic E-state index is 0.101. The highest BCUT2D eigenvalue weighted by molar-refractivity contribution is 6.74. The van der Waals surface area contributed by atoms with Crippen LogP contribution in [0.2, 0.25) is 18.1 Å². The van der Waals surface area contributed by atoms with E-state index in [2.05, 4.69) is 58.9 Å². The molecular formula is C19H34OSi. The monoisotopic (exact) mass is 308 g/mol. The van der Waals surface area contributed by atoms with E-state index in [0.29, 0.717) is 0 Å². The molecule has 0 bridgehead atoms. The average molecular weight is 309 g/mol. The van der Waals surface area contributed by atoms with E-state index >= 15 is 0 Å². The van der Waals surface area contributed by atoms with Gasteiger partial charge in [0.25, 0.3) is 0 Å². The Morgan fingerprint density at radius 3 is 2.38 bits per heavy atom. The van der Waals surface area contributed by atoms with Crippen LogP contribution in [-0.4, -0.2) is 14.4 Å². The molecule has 0 rings (SSSR count). The molecule has 0 aromatic heterocycles. The SMILES string of the molecule is C#C/[13CH]=[13CH]/C(C/C=C\CCCCC)O[Si](C)(C)C(C)(C)C. The Hall–Kier alpha value is -0.783. The summed E-state index contributed by atoms with van der Waals surface area (Å²) in [5.74, 6) is 2.57. The highest BCUT2D eigenvalue weighted by Gasteiger charge is 2.38. The van der Waals surface area contributed by atoms with Crippen molar-refractivity contribution >= 4 is 8.32 Å². The molecule has 1 atom stereocenters. The zero-order chi connectivity index (χ0) is 16.4. The summed E-state index contributed by atoms with van der Waals surface area (Å²) in [6.07, 6.45) is 19.7. The molecule has 0 aliphatic carbocycles. The van der Waals surface area contributed by atoms with E-state index in [1.54, 1.807) is 6.08 Å². The van der Waals surface area contributed by atoms with Gasteiger partial charge in [-0.2, -0.15) is 0 Å². The molecule has 0 spiro atoms. The van der Waals surface area contributed by atoms with Crippen molar-refractivity contribution in [3.63, 3.8) is 0 Å². The van der Waals surface area contributed by atoms with Gasteiger partial charge in [-0.15, -0.1) is 6.42 Å². The minimum atomic E-state index is -1.75. The topological polar surface area (TPSA) is 9.23 Å². The number of rotatable bonds is 9. The second-order valence-corrected chi connectivity index (χ2v) is 11.9. The molecule has 0 aliphatic rings. The van der Waals surface area contributed by atoms with E-state index in [-0.39, 0.29) is 11.1 Å². The first-order valence-corrected chi connectivity index (χ1v) is 11.1. The van der Waals surface area contributed by atoms with E-state index in [4.69, 9.17) is 10.8 Å². The molecule has 0 saturated carbocycles. The predicted octanol–water partition coefficient (Wildman–Crippen LogP) is 6.09. The number of hydrogen-bond donors (Lipinski definition) is 0. The first-order chi connectivity index (χ1) is 9.74. The Kier molecular flexibility index (Phi) is 9.65. The maximum absolute atomic E-state index is 6.44. The lowest BCUT2D eigenvalue weighted by atomic mass is 10.2. The molecule has 0 saturated heterocycles. The van der Waals surface area contributed by atoms with Crippen molar-refractivity contribution in [3.8, 4) is 12.3 Å². The fraction of sp³-hybridized carbons (Fsp3) is 0.684. The summed E-state index contributed by atoms with van der Waals surface area (Å²) in [6.45, 7) is 13.6.